The Morgan fingerprint density at radius 2 is 1.19 bits per heavy atom. The molecule has 0 unspecified atom stereocenters. The summed E-state index contributed by atoms with van der Waals surface area (Å²) >= 11 is 0. The van der Waals surface area contributed by atoms with Gasteiger partial charge in [0, 0.05) is 36.3 Å². The maximum atomic E-state index is 12.0. The molecule has 2 fully saturated rings. The summed E-state index contributed by atoms with van der Waals surface area (Å²) in [6.07, 6.45) is 9.20. The highest BCUT2D eigenvalue weighted by Gasteiger charge is 2.50. The molecule has 0 aromatic rings. The normalized spacial score (nSPS) is 27.0. The van der Waals surface area contributed by atoms with Gasteiger partial charge in [0.05, 0.1) is 11.1 Å². The number of carbonyl (C=O) groups excluding carboxylic acids is 2. The first-order valence-corrected chi connectivity index (χ1v) is 14.7. The van der Waals surface area contributed by atoms with Crippen molar-refractivity contribution in [1.29, 1.82) is 0 Å². The summed E-state index contributed by atoms with van der Waals surface area (Å²) < 4.78 is 5.89. The van der Waals surface area contributed by atoms with Crippen molar-refractivity contribution in [2.24, 2.45) is 10.8 Å². The molecule has 0 aromatic heterocycles. The summed E-state index contributed by atoms with van der Waals surface area (Å²) in [5.41, 5.74) is -0.464. The molecule has 1 aliphatic carbocycles. The van der Waals surface area contributed by atoms with Crippen molar-refractivity contribution < 1.29 is 19.2 Å². The molecule has 1 saturated heterocycles. The fraction of sp³-hybridized carbons (Fsp3) is 0.933. The average Bonchev–Trinajstić information content (AvgIpc) is 2.74. The maximum Gasteiger partial charge on any atom is 0.322 e. The van der Waals surface area contributed by atoms with Gasteiger partial charge >= 0.3 is 11.9 Å². The summed E-state index contributed by atoms with van der Waals surface area (Å²) in [6.45, 7) is 23.0. The van der Waals surface area contributed by atoms with Crippen molar-refractivity contribution in [3.05, 3.63) is 0 Å². The van der Waals surface area contributed by atoms with E-state index in [1.807, 2.05) is 12.0 Å². The van der Waals surface area contributed by atoms with Crippen LogP contribution in [-0.2, 0) is 19.2 Å². The van der Waals surface area contributed by atoms with Gasteiger partial charge in [0.2, 0.25) is 0 Å². The Balaban J connectivity index is 1.66. The van der Waals surface area contributed by atoms with Crippen LogP contribution >= 0.6 is 0 Å². The third-order valence-electron chi connectivity index (χ3n) is 8.28. The van der Waals surface area contributed by atoms with Crippen LogP contribution in [0.15, 0.2) is 0 Å². The molecular weight excluding hydrogens is 466 g/mol. The SMILES string of the molecule is CCC(=O)OC1C(C)(C)CC(NCCCCCCNC2CC(C)(C)N(OC(C)=O)C(C)(C)C2)CC1(C)C. The fourth-order valence-electron chi connectivity index (χ4n) is 7.29. The van der Waals surface area contributed by atoms with E-state index in [0.717, 1.165) is 38.8 Å². The van der Waals surface area contributed by atoms with Gasteiger partial charge in [-0.15, -0.1) is 5.06 Å². The number of ether oxygens (including phenoxy) is 1. The van der Waals surface area contributed by atoms with Gasteiger partial charge < -0.3 is 20.2 Å². The van der Waals surface area contributed by atoms with Crippen molar-refractivity contribution in [1.82, 2.24) is 15.7 Å². The number of hydrogen-bond acceptors (Lipinski definition) is 7. The molecule has 0 atom stereocenters. The minimum atomic E-state index is -0.250. The number of esters is 1. The van der Waals surface area contributed by atoms with Crippen LogP contribution in [0.25, 0.3) is 0 Å². The number of unbranched alkanes of at least 4 members (excludes halogenated alkanes) is 3. The second-order valence-corrected chi connectivity index (χ2v) is 14.2. The molecule has 7 nitrogen and oxygen atoms in total. The Morgan fingerprint density at radius 3 is 1.59 bits per heavy atom. The predicted octanol–water partition coefficient (Wildman–Crippen LogP) is 5.76. The first kappa shape index (κ1) is 32.0. The van der Waals surface area contributed by atoms with Gasteiger partial charge in [-0.1, -0.05) is 47.5 Å². The zero-order valence-electron chi connectivity index (χ0n) is 25.6. The van der Waals surface area contributed by atoms with Crippen LogP contribution in [0.4, 0.5) is 0 Å². The molecule has 2 N–H and O–H groups in total. The summed E-state index contributed by atoms with van der Waals surface area (Å²) in [6, 6.07) is 0.893. The van der Waals surface area contributed by atoms with Crippen molar-refractivity contribution in [3.63, 3.8) is 0 Å². The van der Waals surface area contributed by atoms with Crippen LogP contribution in [0, 0.1) is 10.8 Å². The van der Waals surface area contributed by atoms with Crippen LogP contribution in [0.1, 0.15) is 127 Å². The van der Waals surface area contributed by atoms with E-state index < -0.39 is 0 Å². The molecule has 0 amide bonds. The summed E-state index contributed by atoms with van der Waals surface area (Å²) in [4.78, 5) is 29.2. The van der Waals surface area contributed by atoms with E-state index in [9.17, 15) is 9.59 Å². The van der Waals surface area contributed by atoms with E-state index in [-0.39, 0.29) is 40.0 Å². The summed E-state index contributed by atoms with van der Waals surface area (Å²) in [5.74, 6) is -0.341. The highest BCUT2D eigenvalue weighted by Crippen LogP contribution is 2.48. The Kier molecular flexibility index (Phi) is 11.1. The van der Waals surface area contributed by atoms with Crippen LogP contribution in [0.3, 0.4) is 0 Å². The van der Waals surface area contributed by atoms with Crippen LogP contribution < -0.4 is 10.6 Å². The lowest BCUT2D eigenvalue weighted by molar-refractivity contribution is -0.266. The van der Waals surface area contributed by atoms with Crippen molar-refractivity contribution in [3.8, 4) is 0 Å². The molecule has 0 spiro atoms. The molecule has 7 heteroatoms. The van der Waals surface area contributed by atoms with Gasteiger partial charge in [0.25, 0.3) is 0 Å². The van der Waals surface area contributed by atoms with Crippen molar-refractivity contribution >= 4 is 11.9 Å². The standard InChI is InChI=1S/C30H57N3O4/c1-11-25(35)36-26-27(3,4)18-23(19-28(26,5)6)31-16-14-12-13-15-17-32-24-20-29(7,8)33(37-22(2)34)30(9,10)21-24/h23-24,26,31-32H,11-21H2,1-10H3. The number of nitrogens with one attached hydrogen (secondary N) is 2. The molecule has 216 valence electrons. The maximum absolute atomic E-state index is 12.0. The Labute approximate surface area is 227 Å². The molecule has 0 radical (unpaired) electrons. The third-order valence-corrected chi connectivity index (χ3v) is 8.28. The topological polar surface area (TPSA) is 79.9 Å². The van der Waals surface area contributed by atoms with Crippen LogP contribution in [0.2, 0.25) is 0 Å². The zero-order chi connectivity index (χ0) is 28.1. The van der Waals surface area contributed by atoms with Crippen LogP contribution in [-0.4, -0.2) is 59.4 Å². The zero-order valence-corrected chi connectivity index (χ0v) is 25.6. The Hall–Kier alpha value is -1.18. The quantitative estimate of drug-likeness (QED) is 0.249. The lowest BCUT2D eigenvalue weighted by Gasteiger charge is -2.53. The summed E-state index contributed by atoms with van der Waals surface area (Å²) in [5, 5.41) is 9.48. The van der Waals surface area contributed by atoms with E-state index in [0.29, 0.717) is 18.5 Å². The van der Waals surface area contributed by atoms with E-state index >= 15 is 0 Å². The molecule has 2 rings (SSSR count). The molecule has 0 bridgehead atoms. The second-order valence-electron chi connectivity index (χ2n) is 14.2. The van der Waals surface area contributed by atoms with E-state index in [1.54, 1.807) is 0 Å². The molecule has 2 aliphatic rings. The molecule has 0 aromatic carbocycles. The first-order chi connectivity index (χ1) is 17.0. The van der Waals surface area contributed by atoms with Gasteiger partial charge in [-0.25, -0.2) is 0 Å². The minimum absolute atomic E-state index is 0.0343. The number of hydrogen-bond donors (Lipinski definition) is 2. The Bertz CT molecular complexity index is 726. The molecule has 1 saturated carbocycles. The summed E-state index contributed by atoms with van der Waals surface area (Å²) in [7, 11) is 0. The van der Waals surface area contributed by atoms with E-state index in [2.05, 4.69) is 66.0 Å². The monoisotopic (exact) mass is 523 g/mol. The van der Waals surface area contributed by atoms with Gasteiger partial charge in [-0.05, 0) is 79.3 Å². The smallest absolute Gasteiger partial charge is 0.322 e. The van der Waals surface area contributed by atoms with Gasteiger partial charge in [-0.3, -0.25) is 9.59 Å². The predicted molar refractivity (Wildman–Crippen MR) is 150 cm³/mol. The number of piperidine rings is 1. The van der Waals surface area contributed by atoms with Crippen molar-refractivity contribution in [2.45, 2.75) is 156 Å². The van der Waals surface area contributed by atoms with Crippen LogP contribution in [0.5, 0.6) is 0 Å². The number of nitrogens with zero attached hydrogens (tertiary/aromatic N) is 1. The molecular formula is C30H57N3O4. The molecule has 1 heterocycles. The number of carbonyl (C=O) groups is 2. The lowest BCUT2D eigenvalue weighted by Crippen LogP contribution is -2.64. The molecule has 1 aliphatic heterocycles. The number of rotatable bonds is 12. The minimum Gasteiger partial charge on any atom is -0.461 e. The molecule has 37 heavy (non-hydrogen) atoms. The second kappa shape index (κ2) is 12.8. The van der Waals surface area contributed by atoms with Crippen molar-refractivity contribution in [2.75, 3.05) is 13.1 Å². The highest BCUT2D eigenvalue weighted by molar-refractivity contribution is 5.69. The van der Waals surface area contributed by atoms with Gasteiger partial charge in [-0.2, -0.15) is 0 Å². The van der Waals surface area contributed by atoms with Gasteiger partial charge in [0.15, 0.2) is 0 Å². The lowest BCUT2D eigenvalue weighted by atomic mass is 9.61. The number of hydroxylamine groups is 2. The highest BCUT2D eigenvalue weighted by atomic mass is 16.7. The Morgan fingerprint density at radius 1 is 0.757 bits per heavy atom. The average molecular weight is 524 g/mol. The van der Waals surface area contributed by atoms with E-state index in [4.69, 9.17) is 9.57 Å². The fourth-order valence-corrected chi connectivity index (χ4v) is 7.29. The van der Waals surface area contributed by atoms with Gasteiger partial charge in [0.1, 0.15) is 6.10 Å². The first-order valence-electron chi connectivity index (χ1n) is 14.7. The largest absolute Gasteiger partial charge is 0.461 e. The third kappa shape index (κ3) is 9.21. The van der Waals surface area contributed by atoms with E-state index in [1.165, 1.54) is 32.6 Å².